The third-order valence-electron chi connectivity index (χ3n) is 3.01. The Morgan fingerprint density at radius 3 is 2.00 bits per heavy atom. The fourth-order valence-electron chi connectivity index (χ4n) is 2.41. The molecule has 2 saturated heterocycles. The van der Waals surface area contributed by atoms with Crippen LogP contribution in [0.3, 0.4) is 0 Å². The number of rotatable bonds is 1. The minimum absolute atomic E-state index is 0.412. The normalized spacial score (nSPS) is 39.0. The molecule has 0 aliphatic carbocycles. The van der Waals surface area contributed by atoms with Crippen molar-refractivity contribution in [1.82, 2.24) is 9.80 Å². The summed E-state index contributed by atoms with van der Waals surface area (Å²) in [6, 6.07) is 0.791. The lowest BCUT2D eigenvalue weighted by Gasteiger charge is -2.47. The van der Waals surface area contributed by atoms with Crippen molar-refractivity contribution in [3.8, 4) is 0 Å². The molecule has 13 heavy (non-hydrogen) atoms. The minimum atomic E-state index is 0.412. The molecule has 76 valence electrons. The van der Waals surface area contributed by atoms with Crippen LogP contribution in [0, 0.1) is 0 Å². The van der Waals surface area contributed by atoms with Crippen LogP contribution < -0.4 is 0 Å². The first-order chi connectivity index (χ1) is 6.15. The number of likely N-dealkylation sites (tertiary alicyclic amines) is 1. The number of hydrogen-bond acceptors (Lipinski definition) is 3. The van der Waals surface area contributed by atoms with Gasteiger partial charge in [-0.1, -0.05) is 0 Å². The van der Waals surface area contributed by atoms with Crippen LogP contribution in [0.5, 0.6) is 0 Å². The smallest absolute Gasteiger partial charge is 0.0678 e. The van der Waals surface area contributed by atoms with Gasteiger partial charge >= 0.3 is 0 Å². The van der Waals surface area contributed by atoms with Gasteiger partial charge in [0.15, 0.2) is 0 Å². The van der Waals surface area contributed by atoms with E-state index >= 15 is 0 Å². The number of nitrogens with zero attached hydrogens (tertiary/aromatic N) is 2. The fourth-order valence-corrected chi connectivity index (χ4v) is 2.41. The van der Waals surface area contributed by atoms with Gasteiger partial charge in [0.05, 0.1) is 12.2 Å². The molecule has 2 aliphatic heterocycles. The Labute approximate surface area is 80.6 Å². The van der Waals surface area contributed by atoms with Crippen LogP contribution >= 0.6 is 0 Å². The van der Waals surface area contributed by atoms with Crippen molar-refractivity contribution >= 4 is 0 Å². The Morgan fingerprint density at radius 2 is 1.54 bits per heavy atom. The molecule has 3 heteroatoms. The van der Waals surface area contributed by atoms with Crippen LogP contribution in [0.1, 0.15) is 13.8 Å². The Hall–Kier alpha value is -0.120. The van der Waals surface area contributed by atoms with E-state index < -0.39 is 0 Å². The third kappa shape index (κ3) is 2.03. The number of hydrogen-bond donors (Lipinski definition) is 0. The van der Waals surface area contributed by atoms with Gasteiger partial charge in [0.25, 0.3) is 0 Å². The van der Waals surface area contributed by atoms with E-state index in [0.29, 0.717) is 12.2 Å². The lowest BCUT2D eigenvalue weighted by Crippen LogP contribution is -2.62. The van der Waals surface area contributed by atoms with E-state index in [2.05, 4.69) is 30.7 Å². The van der Waals surface area contributed by atoms with Crippen LogP contribution in [0.25, 0.3) is 0 Å². The predicted molar refractivity (Wildman–Crippen MR) is 52.9 cm³/mol. The lowest BCUT2D eigenvalue weighted by molar-refractivity contribution is -0.0984. The van der Waals surface area contributed by atoms with Crippen LogP contribution in [0.2, 0.25) is 0 Å². The average molecular weight is 184 g/mol. The Morgan fingerprint density at radius 1 is 1.00 bits per heavy atom. The second kappa shape index (κ2) is 3.56. The molecule has 0 bridgehead atoms. The molecular weight excluding hydrogens is 164 g/mol. The van der Waals surface area contributed by atoms with Gasteiger partial charge in [0, 0.05) is 32.2 Å². The van der Waals surface area contributed by atoms with E-state index in [9.17, 15) is 0 Å². The van der Waals surface area contributed by atoms with Gasteiger partial charge in [-0.15, -0.1) is 0 Å². The van der Waals surface area contributed by atoms with Crippen molar-refractivity contribution < 1.29 is 4.74 Å². The zero-order valence-electron chi connectivity index (χ0n) is 8.86. The van der Waals surface area contributed by atoms with Gasteiger partial charge < -0.3 is 9.64 Å². The molecule has 0 radical (unpaired) electrons. The zero-order chi connectivity index (χ0) is 9.42. The van der Waals surface area contributed by atoms with Crippen molar-refractivity contribution in [2.45, 2.75) is 32.1 Å². The predicted octanol–water partition coefficient (Wildman–Crippen LogP) is 0.410. The molecule has 0 spiro atoms. The summed E-state index contributed by atoms with van der Waals surface area (Å²) in [4.78, 5) is 4.95. The van der Waals surface area contributed by atoms with E-state index in [1.165, 1.54) is 13.1 Å². The van der Waals surface area contributed by atoms with Gasteiger partial charge in [-0.25, -0.2) is 0 Å². The minimum Gasteiger partial charge on any atom is -0.373 e. The first-order valence-electron chi connectivity index (χ1n) is 5.23. The maximum atomic E-state index is 5.71. The summed E-state index contributed by atoms with van der Waals surface area (Å²) in [6.45, 7) is 9.04. The Balaban J connectivity index is 1.85. The first kappa shape index (κ1) is 9.44. The van der Waals surface area contributed by atoms with Crippen molar-refractivity contribution in [3.63, 3.8) is 0 Å². The van der Waals surface area contributed by atoms with Crippen molar-refractivity contribution in [2.75, 3.05) is 33.2 Å². The summed E-state index contributed by atoms with van der Waals surface area (Å²) < 4.78 is 5.71. The van der Waals surface area contributed by atoms with Gasteiger partial charge in [-0.3, -0.25) is 4.90 Å². The lowest BCUT2D eigenvalue weighted by atomic mass is 10.1. The molecule has 0 aromatic carbocycles. The molecule has 3 nitrogen and oxygen atoms in total. The molecule has 0 aromatic heterocycles. The monoisotopic (exact) mass is 184 g/mol. The standard InChI is InChI=1S/C10H20N2O/c1-8-4-12(5-9(2)13-8)10-6-11(3)7-10/h8-10H,4-7H2,1-3H3. The van der Waals surface area contributed by atoms with Crippen LogP contribution in [0.15, 0.2) is 0 Å². The van der Waals surface area contributed by atoms with Gasteiger partial charge in [0.2, 0.25) is 0 Å². The molecule has 2 aliphatic rings. The van der Waals surface area contributed by atoms with Crippen molar-refractivity contribution in [3.05, 3.63) is 0 Å². The van der Waals surface area contributed by atoms with Crippen LogP contribution in [-0.2, 0) is 4.74 Å². The van der Waals surface area contributed by atoms with Crippen molar-refractivity contribution in [1.29, 1.82) is 0 Å². The molecule has 2 rings (SSSR count). The maximum Gasteiger partial charge on any atom is 0.0678 e. The van der Waals surface area contributed by atoms with E-state index in [-0.39, 0.29) is 0 Å². The Bertz CT molecular complexity index is 170. The molecule has 2 unspecified atom stereocenters. The summed E-state index contributed by atoms with van der Waals surface area (Å²) in [7, 11) is 2.18. The zero-order valence-corrected chi connectivity index (χ0v) is 8.86. The largest absolute Gasteiger partial charge is 0.373 e. The van der Waals surface area contributed by atoms with Gasteiger partial charge in [-0.2, -0.15) is 0 Å². The highest BCUT2D eigenvalue weighted by Gasteiger charge is 2.33. The number of ether oxygens (including phenoxy) is 1. The third-order valence-corrected chi connectivity index (χ3v) is 3.01. The molecule has 0 aromatic rings. The number of morpholine rings is 1. The summed E-state index contributed by atoms with van der Waals surface area (Å²) in [5.74, 6) is 0. The fraction of sp³-hybridized carbons (Fsp3) is 1.00. The topological polar surface area (TPSA) is 15.7 Å². The molecule has 2 atom stereocenters. The molecule has 0 N–H and O–H groups in total. The highest BCUT2D eigenvalue weighted by Crippen LogP contribution is 2.18. The van der Waals surface area contributed by atoms with Crippen molar-refractivity contribution in [2.24, 2.45) is 0 Å². The summed E-state index contributed by atoms with van der Waals surface area (Å²) in [6.07, 6.45) is 0.823. The maximum absolute atomic E-state index is 5.71. The van der Waals surface area contributed by atoms with E-state index in [1.807, 2.05) is 0 Å². The highest BCUT2D eigenvalue weighted by molar-refractivity contribution is 4.89. The van der Waals surface area contributed by atoms with E-state index in [4.69, 9.17) is 4.74 Å². The molecule has 0 saturated carbocycles. The second-order valence-electron chi connectivity index (χ2n) is 4.59. The van der Waals surface area contributed by atoms with Gasteiger partial charge in [-0.05, 0) is 20.9 Å². The van der Waals surface area contributed by atoms with E-state index in [1.54, 1.807) is 0 Å². The molecular formula is C10H20N2O. The van der Waals surface area contributed by atoms with Gasteiger partial charge in [0.1, 0.15) is 0 Å². The molecule has 2 fully saturated rings. The Kier molecular flexibility index (Phi) is 2.58. The number of likely N-dealkylation sites (N-methyl/N-ethyl adjacent to an activating group) is 1. The van der Waals surface area contributed by atoms with Crippen LogP contribution in [0.4, 0.5) is 0 Å². The SMILES string of the molecule is CC1CN(C2CN(C)C2)CC(C)O1. The first-order valence-corrected chi connectivity index (χ1v) is 5.23. The second-order valence-corrected chi connectivity index (χ2v) is 4.59. The quantitative estimate of drug-likeness (QED) is 0.587. The highest BCUT2D eigenvalue weighted by atomic mass is 16.5. The van der Waals surface area contributed by atoms with Crippen LogP contribution in [-0.4, -0.2) is 61.3 Å². The summed E-state index contributed by atoms with van der Waals surface area (Å²) in [5.41, 5.74) is 0. The molecule has 2 heterocycles. The van der Waals surface area contributed by atoms with E-state index in [0.717, 1.165) is 19.1 Å². The molecule has 0 amide bonds. The average Bonchev–Trinajstić information content (AvgIpc) is 1.96. The summed E-state index contributed by atoms with van der Waals surface area (Å²) in [5, 5.41) is 0. The summed E-state index contributed by atoms with van der Waals surface area (Å²) >= 11 is 0.